The van der Waals surface area contributed by atoms with Gasteiger partial charge in [0.15, 0.2) is 0 Å². The van der Waals surface area contributed by atoms with Crippen molar-refractivity contribution in [2.45, 2.75) is 62.6 Å². The molecule has 1 atom stereocenters. The molecule has 1 aromatic heterocycles. The Balaban J connectivity index is 1.78. The number of aromatic amines is 1. The molecule has 4 rings (SSSR count). The number of halogens is 6. The second-order valence-electron chi connectivity index (χ2n) is 8.68. The highest BCUT2D eigenvalue weighted by Gasteiger charge is 2.51. The van der Waals surface area contributed by atoms with Crippen LogP contribution < -0.4 is 4.90 Å². The van der Waals surface area contributed by atoms with Crippen LogP contribution in [-0.4, -0.2) is 53.5 Å². The number of imidazole rings is 1. The van der Waals surface area contributed by atoms with E-state index in [2.05, 4.69) is 9.97 Å². The van der Waals surface area contributed by atoms with Crippen LogP contribution in [0.1, 0.15) is 42.5 Å². The first-order valence-electron chi connectivity index (χ1n) is 11.0. The molecule has 194 valence electrons. The summed E-state index contributed by atoms with van der Waals surface area (Å²) in [5.74, 6) is 0. The van der Waals surface area contributed by atoms with Gasteiger partial charge in [-0.15, -0.1) is 0 Å². The highest BCUT2D eigenvalue weighted by Crippen LogP contribution is 2.38. The van der Waals surface area contributed by atoms with E-state index in [1.165, 1.54) is 18.6 Å². The molecule has 0 spiro atoms. The van der Waals surface area contributed by atoms with E-state index in [1.54, 1.807) is 4.90 Å². The number of anilines is 1. The summed E-state index contributed by atoms with van der Waals surface area (Å²) in [6.45, 7) is -1.51. The number of nitrogens with one attached hydrogen (secondary N) is 1. The fraction of sp³-hybridized carbons (Fsp3) is 0.571. The molecule has 1 aliphatic carbocycles. The van der Waals surface area contributed by atoms with Crippen molar-refractivity contribution in [3.8, 4) is 0 Å². The quantitative estimate of drug-likeness (QED) is 0.564. The van der Waals surface area contributed by atoms with E-state index in [1.807, 2.05) is 0 Å². The lowest BCUT2D eigenvalue weighted by molar-refractivity contribution is -0.137. The second-order valence-corrected chi connectivity index (χ2v) is 10.6. The largest absolute Gasteiger partial charge is 0.511 e. The maximum absolute atomic E-state index is 13.5. The Kier molecular flexibility index (Phi) is 7.08. The molecular weight excluding hydrogens is 502 g/mol. The molecule has 1 aromatic carbocycles. The number of aromatic nitrogens is 2. The molecule has 0 amide bonds. The molecular formula is C21H24F6N4O3S. The van der Waals surface area contributed by atoms with Gasteiger partial charge >= 0.3 is 21.7 Å². The molecule has 1 N–H and O–H groups in total. The molecule has 1 unspecified atom stereocenters. The molecule has 14 heteroatoms. The normalized spacial score (nSPS) is 20.7. The van der Waals surface area contributed by atoms with Crippen molar-refractivity contribution < 1.29 is 39.5 Å². The number of H-pyrrole nitrogens is 1. The van der Waals surface area contributed by atoms with Gasteiger partial charge in [0.05, 0.1) is 42.9 Å². The lowest BCUT2D eigenvalue weighted by Crippen LogP contribution is -2.49. The van der Waals surface area contributed by atoms with E-state index >= 15 is 0 Å². The van der Waals surface area contributed by atoms with Crippen LogP contribution in [0.15, 0.2) is 30.7 Å². The predicted octanol–water partition coefficient (Wildman–Crippen LogP) is 4.43. The highest BCUT2D eigenvalue weighted by molar-refractivity contribution is 7.89. The zero-order valence-electron chi connectivity index (χ0n) is 18.4. The zero-order chi connectivity index (χ0) is 25.4. The highest BCUT2D eigenvalue weighted by atomic mass is 32.2. The van der Waals surface area contributed by atoms with Gasteiger partial charge < -0.3 is 14.6 Å². The summed E-state index contributed by atoms with van der Waals surface area (Å²) in [6, 6.07) is 1.81. The molecule has 1 aliphatic heterocycles. The van der Waals surface area contributed by atoms with Crippen molar-refractivity contribution in [3.05, 3.63) is 47.5 Å². The average Bonchev–Trinajstić information content (AvgIpc) is 3.44. The Morgan fingerprint density at radius 1 is 1.11 bits per heavy atom. The van der Waals surface area contributed by atoms with Crippen molar-refractivity contribution in [2.75, 3.05) is 18.1 Å². The maximum atomic E-state index is 13.5. The minimum atomic E-state index is -5.82. The van der Waals surface area contributed by atoms with Crippen LogP contribution in [0.5, 0.6) is 0 Å². The summed E-state index contributed by atoms with van der Waals surface area (Å²) >= 11 is 0. The van der Waals surface area contributed by atoms with Crippen molar-refractivity contribution in [1.29, 1.82) is 0 Å². The van der Waals surface area contributed by atoms with Crippen LogP contribution in [-0.2, 0) is 34.0 Å². The molecule has 2 aliphatic rings. The minimum absolute atomic E-state index is 0.0525. The van der Waals surface area contributed by atoms with Crippen molar-refractivity contribution in [3.63, 3.8) is 0 Å². The molecule has 2 heterocycles. The molecule has 7 nitrogen and oxygen atoms in total. The molecule has 1 saturated carbocycles. The molecule has 0 radical (unpaired) electrons. The maximum Gasteiger partial charge on any atom is 0.511 e. The van der Waals surface area contributed by atoms with Gasteiger partial charge in [-0.1, -0.05) is 12.8 Å². The van der Waals surface area contributed by atoms with Gasteiger partial charge in [-0.2, -0.15) is 30.6 Å². The van der Waals surface area contributed by atoms with E-state index in [4.69, 9.17) is 4.74 Å². The average molecular weight is 527 g/mol. The minimum Gasteiger partial charge on any atom is -0.376 e. The molecule has 1 fully saturated rings. The van der Waals surface area contributed by atoms with E-state index < -0.39 is 46.4 Å². The van der Waals surface area contributed by atoms with Crippen molar-refractivity contribution in [2.24, 2.45) is 0 Å². The van der Waals surface area contributed by atoms with Crippen LogP contribution in [0.25, 0.3) is 0 Å². The number of alkyl halides is 6. The number of hydrogen-bond donors (Lipinski definition) is 1. The second kappa shape index (κ2) is 9.62. The summed E-state index contributed by atoms with van der Waals surface area (Å²) in [6.07, 6.45) is 1.47. The standard InChI is InChI=1S/C21H24F6N4O3S/c22-20(23,24)15-5-6-19-14(7-15)9-30(35(32,33)21(25,26)27)11-17(12-34-18-3-1-2-4-18)31(19)10-16-8-28-13-29-16/h5-8,13,17-18H,1-4,9-12H2,(H,28,29). The van der Waals surface area contributed by atoms with Crippen molar-refractivity contribution >= 4 is 15.7 Å². The lowest BCUT2D eigenvalue weighted by Gasteiger charge is -2.34. The molecule has 2 aromatic rings. The van der Waals surface area contributed by atoms with Gasteiger partial charge in [-0.3, -0.25) is 0 Å². The van der Waals surface area contributed by atoms with Crippen LogP contribution in [0, 0.1) is 0 Å². The van der Waals surface area contributed by atoms with Gasteiger partial charge in [0.2, 0.25) is 0 Å². The summed E-state index contributed by atoms with van der Waals surface area (Å²) in [7, 11) is -5.82. The van der Waals surface area contributed by atoms with Gasteiger partial charge in [-0.25, -0.2) is 13.4 Å². The fourth-order valence-corrected chi connectivity index (χ4v) is 5.47. The SMILES string of the molecule is O=S(=O)(N1Cc2cc(C(F)(F)F)ccc2N(Cc2cnc[nH]2)C(COC2CCCC2)C1)C(F)(F)F. The van der Waals surface area contributed by atoms with Gasteiger partial charge in [0, 0.05) is 25.0 Å². The first-order chi connectivity index (χ1) is 16.4. The first-order valence-corrected chi connectivity index (χ1v) is 12.4. The third-order valence-electron chi connectivity index (χ3n) is 6.27. The summed E-state index contributed by atoms with van der Waals surface area (Å²) < 4.78 is 112. The number of sulfonamides is 1. The summed E-state index contributed by atoms with van der Waals surface area (Å²) in [5.41, 5.74) is -6.12. The smallest absolute Gasteiger partial charge is 0.376 e. The van der Waals surface area contributed by atoms with Gasteiger partial charge in [-0.05, 0) is 36.6 Å². The number of ether oxygens (including phenoxy) is 1. The van der Waals surface area contributed by atoms with E-state index in [0.717, 1.165) is 31.7 Å². The number of rotatable bonds is 6. The Morgan fingerprint density at radius 2 is 1.83 bits per heavy atom. The monoisotopic (exact) mass is 526 g/mol. The van der Waals surface area contributed by atoms with Crippen LogP contribution >= 0.6 is 0 Å². The Labute approximate surface area is 198 Å². The predicted molar refractivity (Wildman–Crippen MR) is 114 cm³/mol. The van der Waals surface area contributed by atoms with Gasteiger partial charge in [0.25, 0.3) is 0 Å². The summed E-state index contributed by atoms with van der Waals surface area (Å²) in [4.78, 5) is 8.37. The van der Waals surface area contributed by atoms with Crippen LogP contribution in [0.3, 0.4) is 0 Å². The van der Waals surface area contributed by atoms with E-state index in [9.17, 15) is 34.8 Å². The fourth-order valence-electron chi connectivity index (χ4n) is 4.50. The van der Waals surface area contributed by atoms with E-state index in [-0.39, 0.29) is 34.8 Å². The third-order valence-corrected chi connectivity index (χ3v) is 7.82. The first kappa shape index (κ1) is 25.8. The molecule has 0 saturated heterocycles. The Morgan fingerprint density at radius 3 is 2.43 bits per heavy atom. The number of hydrogen-bond acceptors (Lipinski definition) is 5. The third kappa shape index (κ3) is 5.59. The van der Waals surface area contributed by atoms with Gasteiger partial charge in [0.1, 0.15) is 0 Å². The Bertz CT molecular complexity index is 1120. The van der Waals surface area contributed by atoms with E-state index in [0.29, 0.717) is 11.8 Å². The van der Waals surface area contributed by atoms with Crippen LogP contribution in [0.2, 0.25) is 0 Å². The molecule has 35 heavy (non-hydrogen) atoms. The topological polar surface area (TPSA) is 78.5 Å². The van der Waals surface area contributed by atoms with Crippen LogP contribution in [0.4, 0.5) is 32.0 Å². The zero-order valence-corrected chi connectivity index (χ0v) is 19.3. The summed E-state index contributed by atoms with van der Waals surface area (Å²) in [5, 5.41) is 0. The lowest BCUT2D eigenvalue weighted by atomic mass is 10.1. The number of fused-ring (bicyclic) bond motifs is 1. The molecule has 0 bridgehead atoms. The van der Waals surface area contributed by atoms with Crippen molar-refractivity contribution in [1.82, 2.24) is 14.3 Å². The Hall–Kier alpha value is -2.32. The number of nitrogens with zero attached hydrogens (tertiary/aromatic N) is 3. The number of benzene rings is 1.